The van der Waals surface area contributed by atoms with Crippen molar-refractivity contribution in [1.29, 1.82) is 0 Å². The lowest BCUT2D eigenvalue weighted by atomic mass is 9.94. The quantitative estimate of drug-likeness (QED) is 0.540. The Morgan fingerprint density at radius 2 is 2.03 bits per heavy atom. The first-order chi connectivity index (χ1) is 15.7. The van der Waals surface area contributed by atoms with Gasteiger partial charge in [0.2, 0.25) is 5.88 Å². The number of alkyl halides is 1. The third-order valence-electron chi connectivity index (χ3n) is 5.01. The SMILES string of the molecule is COc1ncc(-c2cccc3c2C[C@H](NC(=O)c2ccc(OCCCF)nc2)CO3)cn1. The first kappa shape index (κ1) is 21.5. The molecule has 9 heteroatoms. The average molecular weight is 438 g/mol. The van der Waals surface area contributed by atoms with Gasteiger partial charge in [0, 0.05) is 48.6 Å². The predicted molar refractivity (Wildman–Crippen MR) is 115 cm³/mol. The van der Waals surface area contributed by atoms with Crippen LogP contribution in [0.2, 0.25) is 0 Å². The largest absolute Gasteiger partial charge is 0.491 e. The monoisotopic (exact) mass is 438 g/mol. The van der Waals surface area contributed by atoms with Crippen molar-refractivity contribution in [3.05, 3.63) is 60.0 Å². The van der Waals surface area contributed by atoms with E-state index in [4.69, 9.17) is 14.2 Å². The molecule has 1 aliphatic rings. The Hall–Kier alpha value is -3.75. The molecule has 0 spiro atoms. The number of carbonyl (C=O) groups is 1. The predicted octanol–water partition coefficient (Wildman–Crippen LogP) is 3.02. The highest BCUT2D eigenvalue weighted by Crippen LogP contribution is 2.34. The van der Waals surface area contributed by atoms with E-state index in [2.05, 4.69) is 20.3 Å². The summed E-state index contributed by atoms with van der Waals surface area (Å²) in [6.07, 6.45) is 5.75. The number of hydrogen-bond donors (Lipinski definition) is 1. The Kier molecular flexibility index (Phi) is 6.74. The first-order valence-electron chi connectivity index (χ1n) is 10.2. The third-order valence-corrected chi connectivity index (χ3v) is 5.01. The van der Waals surface area contributed by atoms with Crippen LogP contribution in [0.1, 0.15) is 22.3 Å². The number of benzene rings is 1. The number of hydrogen-bond acceptors (Lipinski definition) is 7. The Morgan fingerprint density at radius 1 is 1.19 bits per heavy atom. The van der Waals surface area contributed by atoms with Gasteiger partial charge in [0.25, 0.3) is 5.91 Å². The van der Waals surface area contributed by atoms with E-state index in [1.807, 2.05) is 18.2 Å². The first-order valence-corrected chi connectivity index (χ1v) is 10.2. The van der Waals surface area contributed by atoms with E-state index in [1.165, 1.54) is 13.3 Å². The number of methoxy groups -OCH3 is 1. The number of pyridine rings is 1. The van der Waals surface area contributed by atoms with Crippen molar-refractivity contribution in [3.8, 4) is 28.8 Å². The molecule has 166 valence electrons. The molecule has 3 heterocycles. The molecular formula is C23H23FN4O4. The molecule has 0 saturated carbocycles. The highest BCUT2D eigenvalue weighted by molar-refractivity contribution is 5.94. The molecular weight excluding hydrogens is 415 g/mol. The molecule has 0 unspecified atom stereocenters. The van der Waals surface area contributed by atoms with E-state index >= 15 is 0 Å². The van der Waals surface area contributed by atoms with Crippen LogP contribution in [0.5, 0.6) is 17.6 Å². The Balaban J connectivity index is 1.44. The van der Waals surface area contributed by atoms with Crippen molar-refractivity contribution >= 4 is 5.91 Å². The molecule has 0 fully saturated rings. The van der Waals surface area contributed by atoms with Crippen LogP contribution in [0.15, 0.2) is 48.9 Å². The fraction of sp³-hybridized carbons (Fsp3) is 0.304. The van der Waals surface area contributed by atoms with Crippen LogP contribution in [0.4, 0.5) is 4.39 Å². The van der Waals surface area contributed by atoms with E-state index in [0.717, 1.165) is 22.4 Å². The third kappa shape index (κ3) is 4.93. The lowest BCUT2D eigenvalue weighted by molar-refractivity contribution is 0.0915. The van der Waals surface area contributed by atoms with Crippen molar-refractivity contribution in [1.82, 2.24) is 20.3 Å². The van der Waals surface area contributed by atoms with Gasteiger partial charge in [0.15, 0.2) is 0 Å². The molecule has 4 rings (SSSR count). The van der Waals surface area contributed by atoms with Crippen LogP contribution in [-0.4, -0.2) is 53.9 Å². The van der Waals surface area contributed by atoms with Crippen LogP contribution in [0, 0.1) is 0 Å². The minimum atomic E-state index is -0.444. The number of fused-ring (bicyclic) bond motifs is 1. The number of amides is 1. The minimum absolute atomic E-state index is 0.212. The second-order valence-corrected chi connectivity index (χ2v) is 7.20. The van der Waals surface area contributed by atoms with Crippen molar-refractivity contribution in [2.75, 3.05) is 27.0 Å². The Labute approximate surface area is 184 Å². The summed E-state index contributed by atoms with van der Waals surface area (Å²) in [4.78, 5) is 25.2. The van der Waals surface area contributed by atoms with Crippen molar-refractivity contribution in [2.24, 2.45) is 0 Å². The summed E-state index contributed by atoms with van der Waals surface area (Å²) in [5, 5.41) is 3.00. The Bertz CT molecular complexity index is 1060. The second-order valence-electron chi connectivity index (χ2n) is 7.20. The number of rotatable bonds is 8. The summed E-state index contributed by atoms with van der Waals surface area (Å²) in [6.45, 7) is 0.162. The highest BCUT2D eigenvalue weighted by atomic mass is 19.1. The molecule has 1 aliphatic heterocycles. The number of nitrogens with zero attached hydrogens (tertiary/aromatic N) is 3. The smallest absolute Gasteiger partial charge is 0.316 e. The zero-order valence-corrected chi connectivity index (χ0v) is 17.6. The average Bonchev–Trinajstić information content (AvgIpc) is 2.84. The fourth-order valence-electron chi connectivity index (χ4n) is 3.43. The summed E-state index contributed by atoms with van der Waals surface area (Å²) in [5.41, 5.74) is 3.17. The Morgan fingerprint density at radius 3 is 2.75 bits per heavy atom. The zero-order valence-electron chi connectivity index (χ0n) is 17.6. The van der Waals surface area contributed by atoms with Crippen LogP contribution in [-0.2, 0) is 6.42 Å². The van der Waals surface area contributed by atoms with Gasteiger partial charge in [-0.3, -0.25) is 9.18 Å². The zero-order chi connectivity index (χ0) is 22.3. The van der Waals surface area contributed by atoms with Crippen molar-refractivity contribution < 1.29 is 23.4 Å². The van der Waals surface area contributed by atoms with E-state index in [9.17, 15) is 9.18 Å². The van der Waals surface area contributed by atoms with Gasteiger partial charge < -0.3 is 19.5 Å². The van der Waals surface area contributed by atoms with Gasteiger partial charge in [0.1, 0.15) is 12.4 Å². The van der Waals surface area contributed by atoms with E-state index in [1.54, 1.807) is 24.5 Å². The number of halogens is 1. The van der Waals surface area contributed by atoms with E-state index in [0.29, 0.717) is 36.9 Å². The maximum Gasteiger partial charge on any atom is 0.316 e. The van der Waals surface area contributed by atoms with Gasteiger partial charge in [0.05, 0.1) is 32.0 Å². The maximum atomic E-state index is 12.7. The van der Waals surface area contributed by atoms with Gasteiger partial charge in [-0.1, -0.05) is 12.1 Å². The molecule has 0 radical (unpaired) electrons. The number of carbonyl (C=O) groups excluding carboxylic acids is 1. The number of aromatic nitrogens is 3. The summed E-state index contributed by atoms with van der Waals surface area (Å²) in [7, 11) is 1.52. The minimum Gasteiger partial charge on any atom is -0.491 e. The molecule has 1 atom stereocenters. The summed E-state index contributed by atoms with van der Waals surface area (Å²) < 4.78 is 28.4. The molecule has 1 aromatic carbocycles. The van der Waals surface area contributed by atoms with Gasteiger partial charge in [-0.15, -0.1) is 0 Å². The summed E-state index contributed by atoms with van der Waals surface area (Å²) in [5.74, 6) is 0.881. The number of ether oxygens (including phenoxy) is 3. The van der Waals surface area contributed by atoms with Crippen molar-refractivity contribution in [3.63, 3.8) is 0 Å². The molecule has 2 aromatic heterocycles. The lowest BCUT2D eigenvalue weighted by Crippen LogP contribution is -2.42. The van der Waals surface area contributed by atoms with Crippen LogP contribution < -0.4 is 19.5 Å². The molecule has 0 aliphatic carbocycles. The van der Waals surface area contributed by atoms with Crippen LogP contribution in [0.3, 0.4) is 0 Å². The fourth-order valence-corrected chi connectivity index (χ4v) is 3.43. The van der Waals surface area contributed by atoms with Gasteiger partial charge in [-0.05, 0) is 17.7 Å². The maximum absolute atomic E-state index is 12.7. The van der Waals surface area contributed by atoms with Crippen LogP contribution in [0.25, 0.3) is 11.1 Å². The van der Waals surface area contributed by atoms with Gasteiger partial charge in [-0.2, -0.15) is 0 Å². The van der Waals surface area contributed by atoms with Gasteiger partial charge >= 0.3 is 6.01 Å². The molecule has 32 heavy (non-hydrogen) atoms. The number of nitrogens with one attached hydrogen (secondary N) is 1. The lowest BCUT2D eigenvalue weighted by Gasteiger charge is -2.28. The van der Waals surface area contributed by atoms with E-state index < -0.39 is 6.67 Å². The van der Waals surface area contributed by atoms with Crippen molar-refractivity contribution in [2.45, 2.75) is 18.9 Å². The molecule has 1 N–H and O–H groups in total. The summed E-state index contributed by atoms with van der Waals surface area (Å²) >= 11 is 0. The molecule has 0 bridgehead atoms. The van der Waals surface area contributed by atoms with E-state index in [-0.39, 0.29) is 18.6 Å². The van der Waals surface area contributed by atoms with Crippen LogP contribution >= 0.6 is 0 Å². The molecule has 0 saturated heterocycles. The standard InChI is InChI=1S/C23H23FN4O4/c1-30-23-26-12-16(13-27-23)18-4-2-5-20-19(18)10-17(14-32-20)28-22(29)15-6-7-21(25-11-15)31-9-3-8-24/h2,4-7,11-13,17H,3,8-10,14H2,1H3,(H,28,29)/t17-/m0/s1. The topological polar surface area (TPSA) is 95.5 Å². The second kappa shape index (κ2) is 10.0. The normalized spacial score (nSPS) is 14.8. The molecule has 3 aromatic rings. The highest BCUT2D eigenvalue weighted by Gasteiger charge is 2.25. The van der Waals surface area contributed by atoms with Gasteiger partial charge in [-0.25, -0.2) is 15.0 Å². The molecule has 8 nitrogen and oxygen atoms in total. The summed E-state index contributed by atoms with van der Waals surface area (Å²) in [6, 6.07) is 9.12. The molecule has 1 amide bonds.